The molecule has 0 aromatic heterocycles. The first kappa shape index (κ1) is 97.7. The quantitative estimate of drug-likeness (QED) is 0.0169. The van der Waals surface area contributed by atoms with Crippen molar-refractivity contribution in [2.24, 2.45) is 0 Å². The summed E-state index contributed by atoms with van der Waals surface area (Å²) in [6.07, 6.45) is 80.7. The Morgan fingerprint density at radius 1 is 0.284 bits per heavy atom. The molecule has 0 heterocycles. The van der Waals surface area contributed by atoms with E-state index in [0.29, 0.717) is 32.1 Å². The van der Waals surface area contributed by atoms with E-state index in [4.69, 9.17) is 37.0 Å². The number of ether oxygens (including phenoxy) is 4. The van der Waals surface area contributed by atoms with Crippen LogP contribution in [-0.2, 0) is 65.4 Å². The highest BCUT2D eigenvalue weighted by Gasteiger charge is 2.30. The molecule has 0 saturated carbocycles. The zero-order chi connectivity index (χ0) is 74.6. The fourth-order valence-electron chi connectivity index (χ4n) is 10.6. The summed E-state index contributed by atoms with van der Waals surface area (Å²) in [6.45, 7) is 4.66. The summed E-state index contributed by atoms with van der Waals surface area (Å²) in [5.74, 6) is -2.25. The van der Waals surface area contributed by atoms with Crippen LogP contribution in [-0.4, -0.2) is 96.7 Å². The Labute approximate surface area is 619 Å². The lowest BCUT2D eigenvalue weighted by atomic mass is 10.0. The second-order valence-electron chi connectivity index (χ2n) is 26.6. The number of allylic oxidation sites excluding steroid dienone is 18. The van der Waals surface area contributed by atoms with Gasteiger partial charge in [-0.3, -0.25) is 37.3 Å². The molecule has 0 radical (unpaired) electrons. The molecule has 0 aromatic rings. The zero-order valence-corrected chi connectivity index (χ0v) is 66.0. The number of esters is 4. The third-order valence-corrected chi connectivity index (χ3v) is 18.6. The molecule has 588 valence electrons. The summed E-state index contributed by atoms with van der Waals surface area (Å²) in [6, 6.07) is 0. The molecule has 0 fully saturated rings. The maximum atomic E-state index is 13.1. The van der Waals surface area contributed by atoms with Crippen molar-refractivity contribution in [3.8, 4) is 0 Å². The molecule has 0 amide bonds. The van der Waals surface area contributed by atoms with Gasteiger partial charge in [0.25, 0.3) is 0 Å². The Hall–Kier alpha value is -4.28. The van der Waals surface area contributed by atoms with E-state index in [1.807, 2.05) is 12.2 Å². The molecule has 0 bridgehead atoms. The van der Waals surface area contributed by atoms with Crippen molar-refractivity contribution < 1.29 is 80.2 Å². The van der Waals surface area contributed by atoms with Gasteiger partial charge in [0.15, 0.2) is 12.2 Å². The van der Waals surface area contributed by atoms with Gasteiger partial charge in [-0.15, -0.1) is 0 Å². The molecule has 19 heteroatoms. The lowest BCUT2D eigenvalue weighted by molar-refractivity contribution is -0.161. The number of aliphatic hydroxyl groups is 1. The average molecular weight is 1480 g/mol. The van der Waals surface area contributed by atoms with Crippen molar-refractivity contribution in [3.63, 3.8) is 0 Å². The molecule has 0 aliphatic heterocycles. The number of phosphoric ester groups is 2. The maximum absolute atomic E-state index is 13.1. The number of aliphatic hydroxyl groups excluding tert-OH is 1. The molecule has 3 N–H and O–H groups in total. The van der Waals surface area contributed by atoms with Crippen molar-refractivity contribution in [2.75, 3.05) is 39.6 Å². The van der Waals surface area contributed by atoms with Gasteiger partial charge in [0.05, 0.1) is 26.4 Å². The van der Waals surface area contributed by atoms with Crippen LogP contribution in [0, 0.1) is 0 Å². The monoisotopic (exact) mass is 1470 g/mol. The molecule has 0 aromatic carbocycles. The van der Waals surface area contributed by atoms with Crippen molar-refractivity contribution in [2.45, 2.75) is 354 Å². The molecule has 0 aliphatic rings. The first-order valence-electron chi connectivity index (χ1n) is 40.1. The number of carbonyl (C=O) groups excluding carboxylic acids is 4. The number of hydrogen-bond acceptors (Lipinski definition) is 15. The Balaban J connectivity index is 5.37. The number of rotatable bonds is 75. The fraction of sp³-hybridized carbons (Fsp3) is 0.735. The van der Waals surface area contributed by atoms with Crippen molar-refractivity contribution in [3.05, 3.63) is 109 Å². The molecule has 5 unspecified atom stereocenters. The van der Waals surface area contributed by atoms with Gasteiger partial charge in [-0.25, -0.2) is 9.13 Å². The Morgan fingerprint density at radius 3 is 0.863 bits per heavy atom. The minimum absolute atomic E-state index is 0.0806. The lowest BCUT2D eigenvalue weighted by Crippen LogP contribution is -2.30. The van der Waals surface area contributed by atoms with Crippen LogP contribution in [0.5, 0.6) is 0 Å². The van der Waals surface area contributed by atoms with Gasteiger partial charge in [-0.05, 0) is 128 Å². The maximum Gasteiger partial charge on any atom is 0.472 e. The Bertz CT molecular complexity index is 2360. The van der Waals surface area contributed by atoms with Gasteiger partial charge < -0.3 is 33.8 Å². The molecule has 102 heavy (non-hydrogen) atoms. The number of hydrogen-bond donors (Lipinski definition) is 3. The highest BCUT2D eigenvalue weighted by Crippen LogP contribution is 2.45. The van der Waals surface area contributed by atoms with Crippen LogP contribution in [0.25, 0.3) is 0 Å². The number of carbonyl (C=O) groups is 4. The summed E-state index contributed by atoms with van der Waals surface area (Å²) >= 11 is 0. The molecular formula is C83H144O17P2. The average Bonchev–Trinajstić information content (AvgIpc) is 0.907. The van der Waals surface area contributed by atoms with Crippen LogP contribution < -0.4 is 0 Å². The third-order valence-electron chi connectivity index (χ3n) is 16.7. The van der Waals surface area contributed by atoms with E-state index < -0.39 is 97.5 Å². The van der Waals surface area contributed by atoms with E-state index in [1.54, 1.807) is 0 Å². The second kappa shape index (κ2) is 75.0. The van der Waals surface area contributed by atoms with Crippen molar-refractivity contribution >= 4 is 39.5 Å². The number of unbranched alkanes of at least 4 members (excludes halogenated alkanes) is 31. The van der Waals surface area contributed by atoms with Crippen LogP contribution in [0.4, 0.5) is 0 Å². The van der Waals surface area contributed by atoms with Gasteiger partial charge >= 0.3 is 39.5 Å². The van der Waals surface area contributed by atoms with Gasteiger partial charge in [0.1, 0.15) is 19.3 Å². The highest BCUT2D eigenvalue weighted by molar-refractivity contribution is 7.47. The molecule has 0 aliphatic carbocycles. The summed E-state index contributed by atoms with van der Waals surface area (Å²) in [4.78, 5) is 73.0. The van der Waals surface area contributed by atoms with Crippen LogP contribution >= 0.6 is 15.6 Å². The van der Waals surface area contributed by atoms with E-state index in [9.17, 15) is 43.2 Å². The van der Waals surface area contributed by atoms with Crippen LogP contribution in [0.2, 0.25) is 0 Å². The summed E-state index contributed by atoms with van der Waals surface area (Å²) in [5.41, 5.74) is 0. The van der Waals surface area contributed by atoms with E-state index in [1.165, 1.54) is 96.3 Å². The summed E-state index contributed by atoms with van der Waals surface area (Å²) < 4.78 is 68.5. The predicted molar refractivity (Wildman–Crippen MR) is 418 cm³/mol. The topological polar surface area (TPSA) is 237 Å². The minimum Gasteiger partial charge on any atom is -0.462 e. The van der Waals surface area contributed by atoms with Crippen LogP contribution in [0.15, 0.2) is 109 Å². The molecule has 5 atom stereocenters. The second-order valence-corrected chi connectivity index (χ2v) is 29.5. The van der Waals surface area contributed by atoms with Crippen molar-refractivity contribution in [1.82, 2.24) is 0 Å². The number of phosphoric acid groups is 2. The van der Waals surface area contributed by atoms with Gasteiger partial charge in [0, 0.05) is 25.7 Å². The molecule has 0 saturated heterocycles. The largest absolute Gasteiger partial charge is 0.472 e. The SMILES string of the molecule is CC/C=C\C/C=C\C/C=C\C/C=C\C/C=C\CCCC(=O)OCC(COP(=O)(O)OCC(O)COP(=O)(O)OCC(COC(=O)CCCCCCCC/C=C\C/C=C\C/C=C\CCCCC)OC(=O)CCCCCCC/C=C\CCCCCC)OC(=O)CCCCCCCCCCCCCCC. The standard InChI is InChI=1S/C83H144O17P2/c1-5-9-13-17-21-25-29-33-35-37-38-40-42-46-48-52-56-60-64-68-81(86)94-74-79(100-83(88)70-66-62-58-54-50-44-32-28-24-20-16-12-8-4)76-98-102(91,92)96-72-77(84)71-95-101(89,90)97-75-78(99-82(87)69-65-61-57-53-49-43-31-27-23-19-15-11-7-3)73-93-80(85)67-63-59-55-51-47-45-41-39-36-34-30-26-22-18-14-10-6-2/h10,14,21-22,25-26,28,32-36,38,40-41,45,51,55,77-79,84H,5-9,11-13,15-20,23-24,27,29-31,37,39,42-44,46-50,52-54,56-76H2,1-4H3,(H,89,90)(H,91,92)/b14-10-,25-21-,26-22-,32-28-,35-33-,36-34-,40-38-,45-41-,55-51-. The van der Waals surface area contributed by atoms with Crippen LogP contribution in [0.1, 0.15) is 336 Å². The Kier molecular flexibility index (Phi) is 71.8. The van der Waals surface area contributed by atoms with E-state index in [0.717, 1.165) is 154 Å². The predicted octanol–water partition coefficient (Wildman–Crippen LogP) is 23.3. The lowest BCUT2D eigenvalue weighted by Gasteiger charge is -2.21. The zero-order valence-electron chi connectivity index (χ0n) is 64.3. The van der Waals surface area contributed by atoms with Crippen LogP contribution in [0.3, 0.4) is 0 Å². The van der Waals surface area contributed by atoms with Gasteiger partial charge in [-0.2, -0.15) is 0 Å². The fourth-order valence-corrected chi connectivity index (χ4v) is 12.2. The first-order chi connectivity index (χ1) is 49.7. The molecule has 0 rings (SSSR count). The smallest absolute Gasteiger partial charge is 0.462 e. The Morgan fingerprint density at radius 2 is 0.520 bits per heavy atom. The first-order valence-corrected chi connectivity index (χ1v) is 43.1. The summed E-state index contributed by atoms with van der Waals surface area (Å²) in [5, 5.41) is 10.6. The normalized spacial score (nSPS) is 14.5. The minimum atomic E-state index is -4.99. The molecule has 0 spiro atoms. The van der Waals surface area contributed by atoms with E-state index >= 15 is 0 Å². The molecule has 17 nitrogen and oxygen atoms in total. The van der Waals surface area contributed by atoms with Gasteiger partial charge in [0.2, 0.25) is 0 Å². The van der Waals surface area contributed by atoms with Crippen molar-refractivity contribution in [1.29, 1.82) is 0 Å². The third kappa shape index (κ3) is 74.0. The van der Waals surface area contributed by atoms with E-state index in [-0.39, 0.29) is 25.7 Å². The summed E-state index contributed by atoms with van der Waals surface area (Å²) in [7, 11) is -9.97. The molecular weight excluding hydrogens is 1330 g/mol. The van der Waals surface area contributed by atoms with E-state index in [2.05, 4.69) is 125 Å². The van der Waals surface area contributed by atoms with Gasteiger partial charge in [-0.1, -0.05) is 291 Å². The highest BCUT2D eigenvalue weighted by atomic mass is 31.2.